The number of rotatable bonds is 7. The van der Waals surface area contributed by atoms with Crippen LogP contribution < -0.4 is 20.1 Å². The molecule has 0 aromatic heterocycles. The molecule has 6 nitrogen and oxygen atoms in total. The number of ether oxygens (including phenoxy) is 2. The highest BCUT2D eigenvalue weighted by Crippen LogP contribution is 2.27. The number of hydrogen-bond donors (Lipinski definition) is 2. The van der Waals surface area contributed by atoms with Gasteiger partial charge in [0, 0.05) is 5.02 Å². The van der Waals surface area contributed by atoms with Gasteiger partial charge in [-0.2, -0.15) is 0 Å². The number of carbonyl (C=O) groups is 2. The van der Waals surface area contributed by atoms with Crippen molar-refractivity contribution < 1.29 is 19.1 Å². The first kappa shape index (κ1) is 21.9. The molecule has 0 aliphatic carbocycles. The van der Waals surface area contributed by atoms with Crippen LogP contribution in [-0.2, 0) is 9.59 Å². The van der Waals surface area contributed by atoms with E-state index in [0.29, 0.717) is 33.5 Å². The molecule has 3 aromatic rings. The van der Waals surface area contributed by atoms with Crippen molar-refractivity contribution in [3.63, 3.8) is 0 Å². The van der Waals surface area contributed by atoms with E-state index in [4.69, 9.17) is 21.1 Å². The molecule has 158 valence electrons. The average Bonchev–Trinajstić information content (AvgIpc) is 2.79. The Morgan fingerprint density at radius 3 is 1.68 bits per heavy atom. The second-order valence-electron chi connectivity index (χ2n) is 6.39. The summed E-state index contributed by atoms with van der Waals surface area (Å²) in [5.41, 5.74) is 1.27. The SMILES string of the molecule is COc1ccccc1NC(=O)C(=Cc1ccccc1Cl)C(=O)Nc1ccccc1OC. The Morgan fingerprint density at radius 2 is 1.19 bits per heavy atom. The fraction of sp³-hybridized carbons (Fsp3) is 0.0833. The summed E-state index contributed by atoms with van der Waals surface area (Å²) in [7, 11) is 3.00. The highest BCUT2D eigenvalue weighted by atomic mass is 35.5. The van der Waals surface area contributed by atoms with Crippen molar-refractivity contribution in [2.75, 3.05) is 24.9 Å². The predicted octanol–water partition coefficient (Wildman–Crippen LogP) is 5.02. The fourth-order valence-electron chi connectivity index (χ4n) is 2.86. The molecule has 7 heteroatoms. The van der Waals surface area contributed by atoms with Crippen LogP contribution in [0.4, 0.5) is 11.4 Å². The van der Waals surface area contributed by atoms with E-state index in [1.807, 2.05) is 0 Å². The molecule has 0 unspecified atom stereocenters. The Hall–Kier alpha value is -3.77. The zero-order valence-electron chi connectivity index (χ0n) is 17.0. The summed E-state index contributed by atoms with van der Waals surface area (Å²) in [5, 5.41) is 5.87. The van der Waals surface area contributed by atoms with E-state index in [9.17, 15) is 9.59 Å². The summed E-state index contributed by atoms with van der Waals surface area (Å²) in [6.45, 7) is 0. The van der Waals surface area contributed by atoms with Crippen molar-refractivity contribution in [3.8, 4) is 11.5 Å². The van der Waals surface area contributed by atoms with E-state index in [1.54, 1.807) is 72.8 Å². The number of methoxy groups -OCH3 is 2. The smallest absolute Gasteiger partial charge is 0.261 e. The first-order valence-corrected chi connectivity index (χ1v) is 9.76. The Balaban J connectivity index is 1.97. The van der Waals surface area contributed by atoms with E-state index in [-0.39, 0.29) is 5.57 Å². The molecule has 3 aromatic carbocycles. The van der Waals surface area contributed by atoms with Crippen LogP contribution in [0.25, 0.3) is 6.08 Å². The minimum Gasteiger partial charge on any atom is -0.495 e. The molecule has 31 heavy (non-hydrogen) atoms. The zero-order chi connectivity index (χ0) is 22.2. The van der Waals surface area contributed by atoms with E-state index >= 15 is 0 Å². The molecule has 0 aliphatic rings. The lowest BCUT2D eigenvalue weighted by molar-refractivity contribution is -0.118. The molecule has 0 saturated heterocycles. The van der Waals surface area contributed by atoms with Gasteiger partial charge in [-0.1, -0.05) is 54.1 Å². The maximum absolute atomic E-state index is 13.1. The van der Waals surface area contributed by atoms with E-state index in [1.165, 1.54) is 20.3 Å². The number of halogens is 1. The lowest BCUT2D eigenvalue weighted by Crippen LogP contribution is -2.25. The number of hydrogen-bond acceptors (Lipinski definition) is 4. The Morgan fingerprint density at radius 1 is 0.742 bits per heavy atom. The number of para-hydroxylation sites is 4. The van der Waals surface area contributed by atoms with Gasteiger partial charge in [0.2, 0.25) is 0 Å². The molecule has 2 N–H and O–H groups in total. The van der Waals surface area contributed by atoms with Crippen molar-refractivity contribution in [2.24, 2.45) is 0 Å². The number of amides is 2. The molecular weight excluding hydrogens is 416 g/mol. The lowest BCUT2D eigenvalue weighted by atomic mass is 10.1. The fourth-order valence-corrected chi connectivity index (χ4v) is 3.05. The van der Waals surface area contributed by atoms with Crippen LogP contribution in [0.2, 0.25) is 5.02 Å². The topological polar surface area (TPSA) is 76.7 Å². The number of carbonyl (C=O) groups excluding carboxylic acids is 2. The van der Waals surface area contributed by atoms with Crippen LogP contribution in [0.1, 0.15) is 5.56 Å². The Bertz CT molecular complexity index is 1060. The highest BCUT2D eigenvalue weighted by Gasteiger charge is 2.21. The Labute approximate surface area is 185 Å². The van der Waals surface area contributed by atoms with Crippen molar-refractivity contribution >= 4 is 40.9 Å². The molecule has 0 aliphatic heterocycles. The predicted molar refractivity (Wildman–Crippen MR) is 123 cm³/mol. The van der Waals surface area contributed by atoms with E-state index < -0.39 is 11.8 Å². The summed E-state index contributed by atoms with van der Waals surface area (Å²) in [6, 6.07) is 20.8. The summed E-state index contributed by atoms with van der Waals surface area (Å²) in [4.78, 5) is 26.2. The van der Waals surface area contributed by atoms with Gasteiger partial charge in [-0.25, -0.2) is 0 Å². The number of nitrogens with one attached hydrogen (secondary N) is 2. The largest absolute Gasteiger partial charge is 0.495 e. The third-order valence-corrected chi connectivity index (χ3v) is 4.75. The quantitative estimate of drug-likeness (QED) is 0.310. The summed E-state index contributed by atoms with van der Waals surface area (Å²) in [6.07, 6.45) is 1.44. The average molecular weight is 437 g/mol. The molecule has 2 amide bonds. The standard InChI is InChI=1S/C24H21ClN2O4/c1-30-21-13-7-5-11-19(21)26-23(28)17(15-16-9-3-4-10-18(16)25)24(29)27-20-12-6-8-14-22(20)31-2/h3-15H,1-2H3,(H,26,28)(H,27,29). The van der Waals surface area contributed by atoms with Crippen LogP contribution in [-0.4, -0.2) is 26.0 Å². The lowest BCUT2D eigenvalue weighted by Gasteiger charge is -2.14. The maximum Gasteiger partial charge on any atom is 0.261 e. The molecule has 0 saturated carbocycles. The first-order valence-electron chi connectivity index (χ1n) is 9.38. The highest BCUT2D eigenvalue weighted by molar-refractivity contribution is 6.33. The molecule has 0 bridgehead atoms. The van der Waals surface area contributed by atoms with E-state index in [0.717, 1.165) is 0 Å². The second kappa shape index (κ2) is 10.3. The van der Waals surface area contributed by atoms with Gasteiger partial charge < -0.3 is 20.1 Å². The van der Waals surface area contributed by atoms with Gasteiger partial charge in [0.15, 0.2) is 0 Å². The molecule has 0 heterocycles. The van der Waals surface area contributed by atoms with Gasteiger partial charge in [-0.15, -0.1) is 0 Å². The minimum absolute atomic E-state index is 0.134. The van der Waals surface area contributed by atoms with Gasteiger partial charge in [0.05, 0.1) is 25.6 Å². The molecular formula is C24H21ClN2O4. The van der Waals surface area contributed by atoms with Crippen LogP contribution in [0.5, 0.6) is 11.5 Å². The number of benzene rings is 3. The van der Waals surface area contributed by atoms with Crippen molar-refractivity contribution in [2.45, 2.75) is 0 Å². The van der Waals surface area contributed by atoms with Gasteiger partial charge in [0.1, 0.15) is 17.1 Å². The van der Waals surface area contributed by atoms with Crippen LogP contribution in [0, 0.1) is 0 Å². The molecule has 3 rings (SSSR count). The third kappa shape index (κ3) is 5.43. The first-order chi connectivity index (χ1) is 15.0. The third-order valence-electron chi connectivity index (χ3n) is 4.40. The van der Waals surface area contributed by atoms with Crippen LogP contribution in [0.3, 0.4) is 0 Å². The zero-order valence-corrected chi connectivity index (χ0v) is 17.8. The van der Waals surface area contributed by atoms with Gasteiger partial charge in [-0.05, 0) is 42.0 Å². The van der Waals surface area contributed by atoms with Crippen molar-refractivity contribution in [1.29, 1.82) is 0 Å². The number of anilines is 2. The molecule has 0 radical (unpaired) electrons. The molecule has 0 atom stereocenters. The Kier molecular flexibility index (Phi) is 7.30. The van der Waals surface area contributed by atoms with Crippen LogP contribution >= 0.6 is 11.6 Å². The van der Waals surface area contributed by atoms with E-state index in [2.05, 4.69) is 10.6 Å². The van der Waals surface area contributed by atoms with Crippen LogP contribution in [0.15, 0.2) is 78.4 Å². The minimum atomic E-state index is -0.614. The molecule has 0 spiro atoms. The molecule has 0 fully saturated rings. The van der Waals surface area contributed by atoms with Gasteiger partial charge in [0.25, 0.3) is 11.8 Å². The van der Waals surface area contributed by atoms with Gasteiger partial charge >= 0.3 is 0 Å². The van der Waals surface area contributed by atoms with Gasteiger partial charge in [-0.3, -0.25) is 9.59 Å². The maximum atomic E-state index is 13.1. The van der Waals surface area contributed by atoms with Crippen molar-refractivity contribution in [1.82, 2.24) is 0 Å². The summed E-state index contributed by atoms with van der Waals surface area (Å²) < 4.78 is 10.6. The summed E-state index contributed by atoms with van der Waals surface area (Å²) in [5.74, 6) is -0.287. The van der Waals surface area contributed by atoms with Crippen molar-refractivity contribution in [3.05, 3.63) is 89.0 Å². The normalized spacial score (nSPS) is 10.0. The second-order valence-corrected chi connectivity index (χ2v) is 6.80. The monoisotopic (exact) mass is 436 g/mol. The summed E-state index contributed by atoms with van der Waals surface area (Å²) >= 11 is 6.25.